The third kappa shape index (κ3) is 6.03. The van der Waals surface area contributed by atoms with Crippen LogP contribution in [0.3, 0.4) is 0 Å². The Morgan fingerprint density at radius 1 is 1.32 bits per heavy atom. The maximum atomic E-state index is 12.1. The number of carbonyl (C=O) groups is 1. The Morgan fingerprint density at radius 2 is 2.05 bits per heavy atom. The molecule has 1 amide bonds. The molecule has 0 saturated carbocycles. The molecule has 0 atom stereocenters. The molecule has 0 unspecified atom stereocenters. The maximum absolute atomic E-state index is 12.1. The lowest BCUT2D eigenvalue weighted by molar-refractivity contribution is -0.131. The Morgan fingerprint density at radius 3 is 2.68 bits per heavy atom. The van der Waals surface area contributed by atoms with Gasteiger partial charge in [-0.3, -0.25) is 4.79 Å². The molecule has 102 valence electrons. The molecule has 4 nitrogen and oxygen atoms in total. The highest BCUT2D eigenvalue weighted by molar-refractivity contribution is 5.76. The normalized spacial score (nSPS) is 9.89. The van der Waals surface area contributed by atoms with Crippen molar-refractivity contribution < 1.29 is 9.53 Å². The van der Waals surface area contributed by atoms with Crippen LogP contribution in [0.1, 0.15) is 18.4 Å². The number of carbonyl (C=O) groups excluding carboxylic acids is 1. The number of benzene rings is 1. The van der Waals surface area contributed by atoms with Crippen molar-refractivity contribution in [3.8, 4) is 6.07 Å². The summed E-state index contributed by atoms with van der Waals surface area (Å²) >= 11 is 0. The number of rotatable bonds is 8. The first-order valence-corrected chi connectivity index (χ1v) is 6.45. The van der Waals surface area contributed by atoms with E-state index >= 15 is 0 Å². The van der Waals surface area contributed by atoms with Crippen LogP contribution in [-0.2, 0) is 16.0 Å². The molecule has 0 aliphatic heterocycles. The maximum Gasteiger partial charge on any atom is 0.223 e. The summed E-state index contributed by atoms with van der Waals surface area (Å²) in [6.07, 6.45) is 1.57. The summed E-state index contributed by atoms with van der Waals surface area (Å²) in [6, 6.07) is 12.0. The van der Waals surface area contributed by atoms with E-state index in [1.807, 2.05) is 30.3 Å². The highest BCUT2D eigenvalue weighted by Gasteiger charge is 2.12. The SMILES string of the molecule is COCCN(CCC#N)C(=O)CCc1ccccc1. The van der Waals surface area contributed by atoms with Gasteiger partial charge >= 0.3 is 0 Å². The molecule has 4 heteroatoms. The minimum absolute atomic E-state index is 0.0798. The monoisotopic (exact) mass is 260 g/mol. The van der Waals surface area contributed by atoms with Crippen LogP contribution >= 0.6 is 0 Å². The fourth-order valence-corrected chi connectivity index (χ4v) is 1.80. The molecule has 0 saturated heterocycles. The summed E-state index contributed by atoms with van der Waals surface area (Å²) in [5.41, 5.74) is 1.16. The second-order valence-electron chi connectivity index (χ2n) is 4.27. The quantitative estimate of drug-likeness (QED) is 0.718. The third-order valence-electron chi connectivity index (χ3n) is 2.88. The lowest BCUT2D eigenvalue weighted by atomic mass is 10.1. The zero-order valence-corrected chi connectivity index (χ0v) is 11.3. The zero-order valence-electron chi connectivity index (χ0n) is 11.3. The summed E-state index contributed by atoms with van der Waals surface area (Å²) in [5.74, 6) is 0.0798. The van der Waals surface area contributed by atoms with Crippen molar-refractivity contribution >= 4 is 5.91 Å². The van der Waals surface area contributed by atoms with Gasteiger partial charge < -0.3 is 9.64 Å². The van der Waals surface area contributed by atoms with E-state index < -0.39 is 0 Å². The lowest BCUT2D eigenvalue weighted by Gasteiger charge is -2.21. The van der Waals surface area contributed by atoms with Crippen LogP contribution in [0.25, 0.3) is 0 Å². The van der Waals surface area contributed by atoms with Gasteiger partial charge in [0.2, 0.25) is 5.91 Å². The Labute approximate surface area is 114 Å². The molecule has 1 aromatic rings. The summed E-state index contributed by atoms with van der Waals surface area (Å²) in [4.78, 5) is 13.8. The fraction of sp³-hybridized carbons (Fsp3) is 0.467. The van der Waals surface area contributed by atoms with Gasteiger partial charge in [0.15, 0.2) is 0 Å². The van der Waals surface area contributed by atoms with Crippen molar-refractivity contribution in [2.75, 3.05) is 26.8 Å². The van der Waals surface area contributed by atoms with Crippen molar-refractivity contribution in [1.82, 2.24) is 4.90 Å². The number of aryl methyl sites for hydroxylation is 1. The molecule has 0 bridgehead atoms. The van der Waals surface area contributed by atoms with Gasteiger partial charge in [0.25, 0.3) is 0 Å². The number of nitriles is 1. The van der Waals surface area contributed by atoms with Gasteiger partial charge in [0, 0.05) is 26.6 Å². The number of hydrogen-bond acceptors (Lipinski definition) is 3. The first-order valence-electron chi connectivity index (χ1n) is 6.45. The molecule has 0 spiro atoms. The van der Waals surface area contributed by atoms with Crippen molar-refractivity contribution in [2.24, 2.45) is 0 Å². The largest absolute Gasteiger partial charge is 0.383 e. The highest BCUT2D eigenvalue weighted by atomic mass is 16.5. The molecule has 0 fully saturated rings. The molecular formula is C15H20N2O2. The average Bonchev–Trinajstić information content (AvgIpc) is 2.46. The summed E-state index contributed by atoms with van der Waals surface area (Å²) in [5, 5.41) is 8.61. The molecule has 0 aliphatic rings. The number of hydrogen-bond donors (Lipinski definition) is 0. The van der Waals surface area contributed by atoms with Crippen LogP contribution in [0.5, 0.6) is 0 Å². The number of nitrogens with zero attached hydrogens (tertiary/aromatic N) is 2. The van der Waals surface area contributed by atoms with Gasteiger partial charge in [-0.05, 0) is 12.0 Å². The van der Waals surface area contributed by atoms with Crippen LogP contribution < -0.4 is 0 Å². The predicted molar refractivity (Wildman–Crippen MR) is 73.4 cm³/mol. The summed E-state index contributed by atoms with van der Waals surface area (Å²) in [6.45, 7) is 1.53. The van der Waals surface area contributed by atoms with Crippen LogP contribution in [0, 0.1) is 11.3 Å². The number of methoxy groups -OCH3 is 1. The Bertz CT molecular complexity index is 412. The van der Waals surface area contributed by atoms with Crippen LogP contribution in [0.15, 0.2) is 30.3 Å². The molecule has 1 aromatic carbocycles. The molecule has 0 radical (unpaired) electrons. The number of ether oxygens (including phenoxy) is 1. The van der Waals surface area contributed by atoms with Crippen molar-refractivity contribution in [1.29, 1.82) is 5.26 Å². The molecule has 0 N–H and O–H groups in total. The van der Waals surface area contributed by atoms with Crippen LogP contribution in [0.2, 0.25) is 0 Å². The predicted octanol–water partition coefficient (Wildman–Crippen LogP) is 2.01. The molecular weight excluding hydrogens is 240 g/mol. The van der Waals surface area contributed by atoms with Gasteiger partial charge in [-0.1, -0.05) is 30.3 Å². The van der Waals surface area contributed by atoms with Crippen molar-refractivity contribution in [3.63, 3.8) is 0 Å². The molecule has 0 heterocycles. The van der Waals surface area contributed by atoms with Crippen molar-refractivity contribution in [3.05, 3.63) is 35.9 Å². The second kappa shape index (κ2) is 9.12. The fourth-order valence-electron chi connectivity index (χ4n) is 1.80. The Hall–Kier alpha value is -1.86. The summed E-state index contributed by atoms with van der Waals surface area (Å²) in [7, 11) is 1.61. The van der Waals surface area contributed by atoms with Gasteiger partial charge in [0.1, 0.15) is 0 Å². The third-order valence-corrected chi connectivity index (χ3v) is 2.88. The molecule has 0 aromatic heterocycles. The highest BCUT2D eigenvalue weighted by Crippen LogP contribution is 2.05. The Kier molecular flexibility index (Phi) is 7.30. The van der Waals surface area contributed by atoms with E-state index in [1.54, 1.807) is 12.0 Å². The first kappa shape index (κ1) is 15.2. The molecule has 1 rings (SSSR count). The minimum Gasteiger partial charge on any atom is -0.383 e. The van der Waals surface area contributed by atoms with E-state index in [4.69, 9.17) is 10.00 Å². The first-order chi connectivity index (χ1) is 9.27. The zero-order chi connectivity index (χ0) is 13.9. The minimum atomic E-state index is 0.0798. The van der Waals surface area contributed by atoms with E-state index in [-0.39, 0.29) is 5.91 Å². The van der Waals surface area contributed by atoms with Crippen molar-refractivity contribution in [2.45, 2.75) is 19.3 Å². The smallest absolute Gasteiger partial charge is 0.223 e. The van der Waals surface area contributed by atoms with E-state index in [0.717, 1.165) is 12.0 Å². The van der Waals surface area contributed by atoms with Gasteiger partial charge in [-0.25, -0.2) is 0 Å². The van der Waals surface area contributed by atoms with E-state index in [9.17, 15) is 4.79 Å². The van der Waals surface area contributed by atoms with E-state index in [2.05, 4.69) is 6.07 Å². The summed E-state index contributed by atoms with van der Waals surface area (Å²) < 4.78 is 4.99. The van der Waals surface area contributed by atoms with E-state index in [1.165, 1.54) is 0 Å². The second-order valence-corrected chi connectivity index (χ2v) is 4.27. The Balaban J connectivity index is 2.44. The lowest BCUT2D eigenvalue weighted by Crippen LogP contribution is -2.34. The number of amides is 1. The van der Waals surface area contributed by atoms with Gasteiger partial charge in [0.05, 0.1) is 19.1 Å². The van der Waals surface area contributed by atoms with E-state index in [0.29, 0.717) is 32.5 Å². The molecule has 19 heavy (non-hydrogen) atoms. The van der Waals surface area contributed by atoms with Crippen LogP contribution in [0.4, 0.5) is 0 Å². The standard InChI is InChI=1S/C15H20N2O2/c1-19-13-12-17(11-5-10-16)15(18)9-8-14-6-3-2-4-7-14/h2-4,6-7H,5,8-9,11-13H2,1H3. The van der Waals surface area contributed by atoms with Crippen LogP contribution in [-0.4, -0.2) is 37.6 Å². The average molecular weight is 260 g/mol. The molecule has 0 aliphatic carbocycles. The van der Waals surface area contributed by atoms with Gasteiger partial charge in [-0.2, -0.15) is 5.26 Å². The topological polar surface area (TPSA) is 53.3 Å². The van der Waals surface area contributed by atoms with Gasteiger partial charge in [-0.15, -0.1) is 0 Å².